The molecular formula is C25H25FN4O3. The Morgan fingerprint density at radius 1 is 1.03 bits per heavy atom. The highest BCUT2D eigenvalue weighted by Crippen LogP contribution is 2.29. The van der Waals surface area contributed by atoms with Crippen molar-refractivity contribution in [3.05, 3.63) is 78.4 Å². The maximum atomic E-state index is 13.2. The lowest BCUT2D eigenvalue weighted by Crippen LogP contribution is -2.48. The third-order valence-corrected chi connectivity index (χ3v) is 5.67. The number of rotatable bonds is 6. The molecule has 0 atom stereocenters. The number of primary amides is 1. The minimum Gasteiger partial charge on any atom is -0.462 e. The van der Waals surface area contributed by atoms with Gasteiger partial charge in [0, 0.05) is 44.6 Å². The quantitative estimate of drug-likeness (QED) is 0.683. The molecule has 4 rings (SSSR count). The molecule has 8 heteroatoms. The number of carbonyl (C=O) groups excluding carboxylic acids is 2. The van der Waals surface area contributed by atoms with Gasteiger partial charge in [0.25, 0.3) is 5.91 Å². The van der Waals surface area contributed by atoms with Gasteiger partial charge in [0.1, 0.15) is 23.2 Å². The molecule has 0 bridgehead atoms. The standard InChI is InChI=1S/C25H25FN4O3/c1-2-23(31)30-15-13-29(14-16-30)22-12-11-21(25(27)32)24(28-22)17-3-7-19(8-4-17)33-20-9-5-18(26)6-10-20/h2-5,7-9,11-12H,1,6,10,13-16H2,(H2,27,32). The summed E-state index contributed by atoms with van der Waals surface area (Å²) in [6.07, 6.45) is 5.20. The van der Waals surface area contributed by atoms with Gasteiger partial charge in [0.05, 0.1) is 11.3 Å². The molecule has 7 nitrogen and oxygen atoms in total. The summed E-state index contributed by atoms with van der Waals surface area (Å²) in [4.78, 5) is 32.4. The fourth-order valence-corrected chi connectivity index (χ4v) is 3.84. The first-order valence-electron chi connectivity index (χ1n) is 10.8. The fraction of sp³-hybridized carbons (Fsp3) is 0.240. The van der Waals surface area contributed by atoms with E-state index in [2.05, 4.69) is 11.5 Å². The SMILES string of the molecule is C=CC(=O)N1CCN(c2ccc(C(N)=O)c(-c3ccc(OC4=CC=C(F)CC4)cc3)n2)CC1. The van der Waals surface area contributed by atoms with E-state index < -0.39 is 5.91 Å². The number of nitrogens with two attached hydrogens (primary N) is 1. The number of ether oxygens (including phenoxy) is 1. The first kappa shape index (κ1) is 22.3. The summed E-state index contributed by atoms with van der Waals surface area (Å²) in [5.41, 5.74) is 7.13. The Labute approximate surface area is 191 Å². The lowest BCUT2D eigenvalue weighted by atomic mass is 10.0. The highest BCUT2D eigenvalue weighted by Gasteiger charge is 2.22. The van der Waals surface area contributed by atoms with E-state index in [0.717, 1.165) is 5.56 Å². The second-order valence-corrected chi connectivity index (χ2v) is 7.82. The Morgan fingerprint density at radius 3 is 2.36 bits per heavy atom. The van der Waals surface area contributed by atoms with Gasteiger partial charge in [0.2, 0.25) is 5.91 Å². The summed E-state index contributed by atoms with van der Waals surface area (Å²) in [5, 5.41) is 0. The average Bonchev–Trinajstić information content (AvgIpc) is 2.85. The molecule has 1 aromatic carbocycles. The molecule has 0 saturated carbocycles. The molecule has 2 aliphatic rings. The molecule has 170 valence electrons. The van der Waals surface area contributed by atoms with Crippen molar-refractivity contribution < 1.29 is 18.7 Å². The highest BCUT2D eigenvalue weighted by molar-refractivity contribution is 5.99. The van der Waals surface area contributed by atoms with E-state index in [1.807, 2.05) is 12.1 Å². The summed E-state index contributed by atoms with van der Waals surface area (Å²) >= 11 is 0. The number of pyridine rings is 1. The van der Waals surface area contributed by atoms with Crippen molar-refractivity contribution in [2.75, 3.05) is 31.1 Å². The van der Waals surface area contributed by atoms with E-state index in [1.165, 1.54) is 12.2 Å². The van der Waals surface area contributed by atoms with E-state index in [9.17, 15) is 14.0 Å². The third-order valence-electron chi connectivity index (χ3n) is 5.67. The molecule has 1 fully saturated rings. The first-order valence-corrected chi connectivity index (χ1v) is 10.8. The van der Waals surface area contributed by atoms with Crippen LogP contribution in [0.2, 0.25) is 0 Å². The van der Waals surface area contributed by atoms with E-state index in [4.69, 9.17) is 15.5 Å². The number of aromatic nitrogens is 1. The van der Waals surface area contributed by atoms with E-state index in [-0.39, 0.29) is 11.7 Å². The number of nitrogens with zero attached hydrogens (tertiary/aromatic N) is 3. The molecule has 2 amide bonds. The van der Waals surface area contributed by atoms with Crippen molar-refractivity contribution in [1.29, 1.82) is 0 Å². The minimum absolute atomic E-state index is 0.0835. The van der Waals surface area contributed by atoms with Gasteiger partial charge in [-0.15, -0.1) is 0 Å². The summed E-state index contributed by atoms with van der Waals surface area (Å²) in [7, 11) is 0. The van der Waals surface area contributed by atoms with Crippen LogP contribution in [0, 0.1) is 0 Å². The van der Waals surface area contributed by atoms with Crippen molar-refractivity contribution in [2.24, 2.45) is 5.73 Å². The largest absolute Gasteiger partial charge is 0.462 e. The number of anilines is 1. The van der Waals surface area contributed by atoms with Gasteiger partial charge in [-0.25, -0.2) is 9.37 Å². The lowest BCUT2D eigenvalue weighted by Gasteiger charge is -2.35. The molecule has 2 N–H and O–H groups in total. The van der Waals surface area contributed by atoms with Gasteiger partial charge in [-0.1, -0.05) is 6.58 Å². The van der Waals surface area contributed by atoms with Gasteiger partial charge in [-0.3, -0.25) is 9.59 Å². The van der Waals surface area contributed by atoms with Crippen LogP contribution in [0.3, 0.4) is 0 Å². The molecular weight excluding hydrogens is 423 g/mol. The molecule has 2 aromatic rings. The van der Waals surface area contributed by atoms with Crippen LogP contribution in [0.4, 0.5) is 10.2 Å². The van der Waals surface area contributed by atoms with Gasteiger partial charge >= 0.3 is 0 Å². The van der Waals surface area contributed by atoms with Gasteiger partial charge in [0.15, 0.2) is 0 Å². The minimum atomic E-state index is -0.563. The Hall–Kier alpha value is -3.94. The van der Waals surface area contributed by atoms with E-state index in [0.29, 0.717) is 67.6 Å². The molecule has 1 aliphatic heterocycles. The van der Waals surface area contributed by atoms with Crippen LogP contribution in [0.1, 0.15) is 23.2 Å². The zero-order chi connectivity index (χ0) is 23.4. The molecule has 2 heterocycles. The molecule has 0 unspecified atom stereocenters. The van der Waals surface area contributed by atoms with Gasteiger partial charge < -0.3 is 20.3 Å². The first-order chi connectivity index (χ1) is 15.9. The predicted molar refractivity (Wildman–Crippen MR) is 124 cm³/mol. The summed E-state index contributed by atoms with van der Waals surface area (Å²) in [6, 6.07) is 10.6. The molecule has 1 aliphatic carbocycles. The van der Waals surface area contributed by atoms with Crippen LogP contribution in [0.25, 0.3) is 11.3 Å². The second kappa shape index (κ2) is 9.68. The summed E-state index contributed by atoms with van der Waals surface area (Å²) in [6.45, 7) is 5.92. The summed E-state index contributed by atoms with van der Waals surface area (Å²) < 4.78 is 19.0. The van der Waals surface area contributed by atoms with Crippen LogP contribution in [-0.2, 0) is 4.79 Å². The molecule has 1 aromatic heterocycles. The number of carbonyl (C=O) groups is 2. The Bertz CT molecular complexity index is 1130. The Morgan fingerprint density at radius 2 is 1.76 bits per heavy atom. The monoisotopic (exact) mass is 448 g/mol. The van der Waals surface area contributed by atoms with Crippen LogP contribution in [-0.4, -0.2) is 47.9 Å². The van der Waals surface area contributed by atoms with Crippen LogP contribution in [0.15, 0.2) is 72.8 Å². The molecule has 33 heavy (non-hydrogen) atoms. The number of hydrogen-bond acceptors (Lipinski definition) is 5. The van der Waals surface area contributed by atoms with Crippen molar-refractivity contribution in [2.45, 2.75) is 12.8 Å². The molecule has 1 saturated heterocycles. The van der Waals surface area contributed by atoms with Crippen LogP contribution < -0.4 is 15.4 Å². The zero-order valence-corrected chi connectivity index (χ0v) is 18.2. The van der Waals surface area contributed by atoms with Crippen molar-refractivity contribution in [3.8, 4) is 17.0 Å². The van der Waals surface area contributed by atoms with Gasteiger partial charge in [-0.2, -0.15) is 0 Å². The van der Waals surface area contributed by atoms with E-state index >= 15 is 0 Å². The van der Waals surface area contributed by atoms with Crippen LogP contribution in [0.5, 0.6) is 5.75 Å². The molecule has 0 spiro atoms. The Balaban J connectivity index is 1.54. The van der Waals surface area contributed by atoms with E-state index in [1.54, 1.807) is 35.2 Å². The maximum Gasteiger partial charge on any atom is 0.250 e. The number of halogens is 1. The normalized spacial score (nSPS) is 16.0. The second-order valence-electron chi connectivity index (χ2n) is 7.82. The van der Waals surface area contributed by atoms with Crippen molar-refractivity contribution >= 4 is 17.6 Å². The summed E-state index contributed by atoms with van der Waals surface area (Å²) in [5.74, 6) is 1.21. The van der Waals surface area contributed by atoms with Crippen molar-refractivity contribution in [3.63, 3.8) is 0 Å². The van der Waals surface area contributed by atoms with Gasteiger partial charge in [-0.05, 0) is 54.6 Å². The maximum absolute atomic E-state index is 13.2. The number of hydrogen-bond donors (Lipinski definition) is 1. The van der Waals surface area contributed by atoms with Crippen LogP contribution >= 0.6 is 0 Å². The molecule has 0 radical (unpaired) electrons. The number of piperazine rings is 1. The number of amides is 2. The number of allylic oxidation sites excluding steroid dienone is 4. The highest BCUT2D eigenvalue weighted by atomic mass is 19.1. The average molecular weight is 448 g/mol. The predicted octanol–water partition coefficient (Wildman–Crippen LogP) is 3.59. The number of benzene rings is 1. The fourth-order valence-electron chi connectivity index (χ4n) is 3.84. The smallest absolute Gasteiger partial charge is 0.250 e. The third kappa shape index (κ3) is 5.11. The zero-order valence-electron chi connectivity index (χ0n) is 18.2. The Kier molecular flexibility index (Phi) is 6.53. The lowest BCUT2D eigenvalue weighted by molar-refractivity contribution is -0.126. The topological polar surface area (TPSA) is 88.8 Å². The van der Waals surface area contributed by atoms with Crippen molar-refractivity contribution in [1.82, 2.24) is 9.88 Å².